The molecular formula is C12H20N4O. The monoisotopic (exact) mass is 236 g/mol. The summed E-state index contributed by atoms with van der Waals surface area (Å²) in [6.45, 7) is 2.55. The van der Waals surface area contributed by atoms with Gasteiger partial charge in [0, 0.05) is 24.3 Å². The number of ether oxygens (including phenoxy) is 1. The van der Waals surface area contributed by atoms with Crippen molar-refractivity contribution in [2.45, 2.75) is 44.7 Å². The van der Waals surface area contributed by atoms with Crippen molar-refractivity contribution in [3.63, 3.8) is 0 Å². The first-order valence-electron chi connectivity index (χ1n) is 6.27. The SMILES string of the molecule is CCOc1ccnc(N[C@@H]2CCCC[C@H]2N)n1. The Kier molecular flexibility index (Phi) is 4.14. The van der Waals surface area contributed by atoms with Crippen molar-refractivity contribution in [3.8, 4) is 5.88 Å². The average Bonchev–Trinajstić information content (AvgIpc) is 2.33. The zero-order valence-electron chi connectivity index (χ0n) is 10.2. The Balaban J connectivity index is 1.99. The van der Waals surface area contributed by atoms with Crippen LogP contribution in [-0.4, -0.2) is 28.7 Å². The topological polar surface area (TPSA) is 73.1 Å². The van der Waals surface area contributed by atoms with Gasteiger partial charge in [0.25, 0.3) is 0 Å². The molecule has 1 saturated carbocycles. The van der Waals surface area contributed by atoms with Gasteiger partial charge in [-0.1, -0.05) is 12.8 Å². The van der Waals surface area contributed by atoms with E-state index in [0.717, 1.165) is 12.8 Å². The molecule has 5 nitrogen and oxygen atoms in total. The lowest BCUT2D eigenvalue weighted by atomic mass is 9.91. The summed E-state index contributed by atoms with van der Waals surface area (Å²) in [7, 11) is 0. The maximum atomic E-state index is 6.07. The van der Waals surface area contributed by atoms with E-state index in [4.69, 9.17) is 10.5 Å². The highest BCUT2D eigenvalue weighted by Crippen LogP contribution is 2.20. The Morgan fingerprint density at radius 3 is 3.06 bits per heavy atom. The second-order valence-corrected chi connectivity index (χ2v) is 4.35. The lowest BCUT2D eigenvalue weighted by Crippen LogP contribution is -2.42. The van der Waals surface area contributed by atoms with Crippen LogP contribution in [0.2, 0.25) is 0 Å². The smallest absolute Gasteiger partial charge is 0.226 e. The van der Waals surface area contributed by atoms with Crippen LogP contribution in [0, 0.1) is 0 Å². The van der Waals surface area contributed by atoms with Gasteiger partial charge >= 0.3 is 0 Å². The van der Waals surface area contributed by atoms with Crippen molar-refractivity contribution in [1.29, 1.82) is 0 Å². The predicted octanol–water partition coefficient (Wildman–Crippen LogP) is 1.56. The minimum atomic E-state index is 0.197. The Morgan fingerprint density at radius 1 is 1.47 bits per heavy atom. The zero-order chi connectivity index (χ0) is 12.1. The molecule has 1 aliphatic carbocycles. The van der Waals surface area contributed by atoms with E-state index < -0.39 is 0 Å². The summed E-state index contributed by atoms with van der Waals surface area (Å²) in [5, 5.41) is 3.30. The summed E-state index contributed by atoms with van der Waals surface area (Å²) >= 11 is 0. The Bertz CT molecular complexity index is 358. The van der Waals surface area contributed by atoms with E-state index in [-0.39, 0.29) is 12.1 Å². The van der Waals surface area contributed by atoms with Crippen molar-refractivity contribution in [2.75, 3.05) is 11.9 Å². The molecular weight excluding hydrogens is 216 g/mol. The standard InChI is InChI=1S/C12H20N4O/c1-2-17-11-7-8-14-12(16-11)15-10-6-4-3-5-9(10)13/h7-10H,2-6,13H2,1H3,(H,14,15,16)/t9-,10-/m1/s1. The van der Waals surface area contributed by atoms with Gasteiger partial charge in [0.05, 0.1) is 6.61 Å². The molecule has 1 fully saturated rings. The average molecular weight is 236 g/mol. The molecule has 2 rings (SSSR count). The number of hydrogen-bond donors (Lipinski definition) is 2. The molecule has 2 atom stereocenters. The summed E-state index contributed by atoms with van der Waals surface area (Å²) in [5.74, 6) is 1.22. The highest BCUT2D eigenvalue weighted by molar-refractivity contribution is 5.29. The zero-order valence-corrected chi connectivity index (χ0v) is 10.2. The van der Waals surface area contributed by atoms with Crippen molar-refractivity contribution in [1.82, 2.24) is 9.97 Å². The van der Waals surface area contributed by atoms with Crippen LogP contribution in [0.4, 0.5) is 5.95 Å². The number of nitrogens with zero attached hydrogens (tertiary/aromatic N) is 2. The number of anilines is 1. The van der Waals surface area contributed by atoms with E-state index in [1.165, 1.54) is 12.8 Å². The first-order chi connectivity index (χ1) is 8.29. The molecule has 0 spiro atoms. The summed E-state index contributed by atoms with van der Waals surface area (Å²) < 4.78 is 5.34. The summed E-state index contributed by atoms with van der Waals surface area (Å²) in [6, 6.07) is 2.24. The number of aromatic nitrogens is 2. The molecule has 3 N–H and O–H groups in total. The van der Waals surface area contributed by atoms with Crippen LogP contribution in [0.3, 0.4) is 0 Å². The molecule has 1 aromatic rings. The maximum Gasteiger partial charge on any atom is 0.226 e. The first kappa shape index (κ1) is 12.1. The lowest BCUT2D eigenvalue weighted by Gasteiger charge is -2.29. The van der Waals surface area contributed by atoms with Gasteiger partial charge in [-0.25, -0.2) is 4.98 Å². The molecule has 0 saturated heterocycles. The van der Waals surface area contributed by atoms with Gasteiger partial charge in [-0.2, -0.15) is 4.98 Å². The fourth-order valence-corrected chi connectivity index (χ4v) is 2.14. The molecule has 0 radical (unpaired) electrons. The number of nitrogens with one attached hydrogen (secondary N) is 1. The summed E-state index contributed by atoms with van der Waals surface area (Å²) in [6.07, 6.45) is 6.30. The van der Waals surface area contributed by atoms with Gasteiger partial charge in [0.2, 0.25) is 11.8 Å². The van der Waals surface area contributed by atoms with Gasteiger partial charge < -0.3 is 15.8 Å². The molecule has 0 aromatic carbocycles. The minimum Gasteiger partial charge on any atom is -0.478 e. The molecule has 5 heteroatoms. The molecule has 0 aliphatic heterocycles. The van der Waals surface area contributed by atoms with E-state index in [1.54, 1.807) is 12.3 Å². The maximum absolute atomic E-state index is 6.07. The third kappa shape index (κ3) is 3.30. The largest absolute Gasteiger partial charge is 0.478 e. The van der Waals surface area contributed by atoms with Crippen molar-refractivity contribution < 1.29 is 4.74 Å². The third-order valence-corrected chi connectivity index (χ3v) is 3.06. The quantitative estimate of drug-likeness (QED) is 0.830. The normalized spacial score (nSPS) is 24.4. The predicted molar refractivity (Wildman–Crippen MR) is 67.1 cm³/mol. The second-order valence-electron chi connectivity index (χ2n) is 4.35. The van der Waals surface area contributed by atoms with Gasteiger partial charge in [0.15, 0.2) is 0 Å². The van der Waals surface area contributed by atoms with Crippen LogP contribution in [0.15, 0.2) is 12.3 Å². The van der Waals surface area contributed by atoms with E-state index in [2.05, 4.69) is 15.3 Å². The van der Waals surface area contributed by atoms with Crippen LogP contribution in [-0.2, 0) is 0 Å². The molecule has 17 heavy (non-hydrogen) atoms. The van der Waals surface area contributed by atoms with E-state index in [0.29, 0.717) is 18.4 Å². The summed E-state index contributed by atoms with van der Waals surface area (Å²) in [4.78, 5) is 8.48. The first-order valence-corrected chi connectivity index (χ1v) is 6.27. The van der Waals surface area contributed by atoms with Crippen LogP contribution < -0.4 is 15.8 Å². The fraction of sp³-hybridized carbons (Fsp3) is 0.667. The molecule has 0 unspecified atom stereocenters. The molecule has 94 valence electrons. The number of hydrogen-bond acceptors (Lipinski definition) is 5. The number of nitrogens with two attached hydrogens (primary N) is 1. The van der Waals surface area contributed by atoms with Crippen LogP contribution in [0.1, 0.15) is 32.6 Å². The van der Waals surface area contributed by atoms with Gasteiger partial charge in [-0.3, -0.25) is 0 Å². The van der Waals surface area contributed by atoms with Gasteiger partial charge in [-0.15, -0.1) is 0 Å². The molecule has 0 bridgehead atoms. The molecule has 1 heterocycles. The van der Waals surface area contributed by atoms with Crippen LogP contribution >= 0.6 is 0 Å². The Morgan fingerprint density at radius 2 is 2.29 bits per heavy atom. The van der Waals surface area contributed by atoms with E-state index >= 15 is 0 Å². The fourth-order valence-electron chi connectivity index (χ4n) is 2.14. The molecule has 0 amide bonds. The summed E-state index contributed by atoms with van der Waals surface area (Å²) in [5.41, 5.74) is 6.07. The Labute approximate surface area is 102 Å². The van der Waals surface area contributed by atoms with E-state index in [1.807, 2.05) is 6.92 Å². The number of rotatable bonds is 4. The molecule has 1 aliphatic rings. The van der Waals surface area contributed by atoms with Crippen molar-refractivity contribution in [3.05, 3.63) is 12.3 Å². The van der Waals surface area contributed by atoms with Gasteiger partial charge in [-0.05, 0) is 19.8 Å². The Hall–Kier alpha value is -1.36. The highest BCUT2D eigenvalue weighted by atomic mass is 16.5. The second kappa shape index (κ2) is 5.82. The lowest BCUT2D eigenvalue weighted by molar-refractivity contribution is 0.326. The van der Waals surface area contributed by atoms with Crippen molar-refractivity contribution in [2.24, 2.45) is 5.73 Å². The third-order valence-electron chi connectivity index (χ3n) is 3.06. The van der Waals surface area contributed by atoms with Crippen LogP contribution in [0.5, 0.6) is 5.88 Å². The van der Waals surface area contributed by atoms with Gasteiger partial charge in [0.1, 0.15) is 0 Å². The van der Waals surface area contributed by atoms with Crippen LogP contribution in [0.25, 0.3) is 0 Å². The minimum absolute atomic E-state index is 0.197. The van der Waals surface area contributed by atoms with Crippen molar-refractivity contribution >= 4 is 5.95 Å². The highest BCUT2D eigenvalue weighted by Gasteiger charge is 2.22. The van der Waals surface area contributed by atoms with E-state index in [9.17, 15) is 0 Å². The molecule has 1 aromatic heterocycles.